The van der Waals surface area contributed by atoms with Crippen molar-refractivity contribution in [3.63, 3.8) is 0 Å². The first kappa shape index (κ1) is 21.6. The van der Waals surface area contributed by atoms with Gasteiger partial charge in [-0.1, -0.05) is 24.3 Å². The first-order chi connectivity index (χ1) is 18.1. The molecule has 1 saturated heterocycles. The van der Waals surface area contributed by atoms with Crippen molar-refractivity contribution in [2.24, 2.45) is 0 Å². The van der Waals surface area contributed by atoms with E-state index in [1.165, 1.54) is 5.56 Å². The Kier molecular flexibility index (Phi) is 4.55. The van der Waals surface area contributed by atoms with Gasteiger partial charge in [0, 0.05) is 58.8 Å². The molecule has 8 heteroatoms. The number of benzene rings is 3. The summed E-state index contributed by atoms with van der Waals surface area (Å²) in [4.78, 5) is 15.8. The summed E-state index contributed by atoms with van der Waals surface area (Å²) in [5.41, 5.74) is 6.93. The van der Waals surface area contributed by atoms with Crippen LogP contribution in [-0.2, 0) is 30.9 Å². The quantitative estimate of drug-likeness (QED) is 0.350. The Morgan fingerprint density at radius 2 is 1.59 bits per heavy atom. The molecule has 0 aliphatic carbocycles. The second kappa shape index (κ2) is 7.79. The second-order valence-electron chi connectivity index (χ2n) is 10.6. The Hall–Kier alpha value is -3.43. The van der Waals surface area contributed by atoms with Crippen LogP contribution in [0.4, 0.5) is 0 Å². The summed E-state index contributed by atoms with van der Waals surface area (Å²) in [5.74, 6) is -0.0472. The zero-order chi connectivity index (χ0) is 24.8. The summed E-state index contributed by atoms with van der Waals surface area (Å²) in [7, 11) is 0. The van der Waals surface area contributed by atoms with Gasteiger partial charge in [0.05, 0.1) is 55.1 Å². The van der Waals surface area contributed by atoms with Crippen LogP contribution in [-0.4, -0.2) is 68.7 Å². The minimum Gasteiger partial charge on any atom is -0.388 e. The molecule has 188 valence electrons. The molecule has 0 spiro atoms. The molecule has 8 rings (SSSR count). The summed E-state index contributed by atoms with van der Waals surface area (Å²) in [6, 6.07) is 14.7. The fourth-order valence-corrected chi connectivity index (χ4v) is 6.83. The summed E-state index contributed by atoms with van der Waals surface area (Å²) in [5, 5.41) is 29.2. The number of rotatable bonds is 2. The van der Waals surface area contributed by atoms with Gasteiger partial charge in [-0.3, -0.25) is 9.69 Å². The number of carbonyl (C=O) groups is 1. The van der Waals surface area contributed by atoms with Crippen molar-refractivity contribution in [1.82, 2.24) is 19.4 Å². The van der Waals surface area contributed by atoms with Crippen LogP contribution in [0.25, 0.3) is 43.6 Å². The monoisotopic (exact) mass is 496 g/mol. The average Bonchev–Trinajstić information content (AvgIpc) is 3.54. The lowest BCUT2D eigenvalue weighted by molar-refractivity contribution is 0.00168. The van der Waals surface area contributed by atoms with Crippen LogP contribution in [0.2, 0.25) is 0 Å². The molecule has 2 aromatic heterocycles. The van der Waals surface area contributed by atoms with Gasteiger partial charge < -0.3 is 29.4 Å². The van der Waals surface area contributed by atoms with Gasteiger partial charge in [0.25, 0.3) is 5.91 Å². The van der Waals surface area contributed by atoms with Crippen molar-refractivity contribution in [3.05, 3.63) is 59.2 Å². The van der Waals surface area contributed by atoms with Crippen molar-refractivity contribution in [2.75, 3.05) is 26.3 Å². The number of morpholine rings is 1. The van der Waals surface area contributed by atoms with E-state index in [0.29, 0.717) is 13.1 Å². The first-order valence-corrected chi connectivity index (χ1v) is 13.0. The van der Waals surface area contributed by atoms with E-state index in [9.17, 15) is 15.0 Å². The van der Waals surface area contributed by atoms with Crippen molar-refractivity contribution < 1.29 is 19.7 Å². The number of nitrogens with one attached hydrogen (secondary N) is 1. The molecule has 3 aliphatic heterocycles. The Balaban J connectivity index is 1.52. The van der Waals surface area contributed by atoms with E-state index in [1.54, 1.807) is 0 Å². The Morgan fingerprint density at radius 1 is 0.892 bits per heavy atom. The van der Waals surface area contributed by atoms with Crippen LogP contribution in [0.15, 0.2) is 42.5 Å². The highest BCUT2D eigenvalue weighted by Crippen LogP contribution is 2.45. The molecule has 0 bridgehead atoms. The standard InChI is InChI=1S/C29H28N4O4/c34-22-14-32-20-4-2-1-3-17(20)24-19-12-30-29(36)26(19)25-18-11-16(13-31-7-9-37-10-8-31)5-6-21(18)33(15-23(22)35)28(25)27(24)32/h1-6,11,22-23,34-35H,7-10,12-15H2,(H,30,36). The highest BCUT2D eigenvalue weighted by atomic mass is 16.5. The number of aliphatic hydroxyl groups excluding tert-OH is 2. The molecule has 3 N–H and O–H groups in total. The lowest BCUT2D eigenvalue weighted by atomic mass is 9.96. The maximum atomic E-state index is 13.4. The first-order valence-electron chi connectivity index (χ1n) is 13.0. The van der Waals surface area contributed by atoms with Crippen molar-refractivity contribution in [1.29, 1.82) is 0 Å². The molecular formula is C29H28N4O4. The summed E-state index contributed by atoms with van der Waals surface area (Å²) < 4.78 is 9.79. The summed E-state index contributed by atoms with van der Waals surface area (Å²) >= 11 is 0. The number of para-hydroxylation sites is 1. The lowest BCUT2D eigenvalue weighted by Gasteiger charge is -2.26. The van der Waals surface area contributed by atoms with E-state index in [1.807, 2.05) is 12.1 Å². The number of aliphatic hydroxyl groups is 2. The Morgan fingerprint density at radius 3 is 2.38 bits per heavy atom. The van der Waals surface area contributed by atoms with Gasteiger partial charge in [-0.05, 0) is 29.3 Å². The fourth-order valence-electron chi connectivity index (χ4n) is 6.83. The second-order valence-corrected chi connectivity index (χ2v) is 10.6. The zero-order valence-corrected chi connectivity index (χ0v) is 20.4. The SMILES string of the molecule is O=C1NCc2c1c1c3cc(CN4CCOCC4)ccc3n3c1c1c2c2ccccc2n1CC(O)C(O)C3. The van der Waals surface area contributed by atoms with E-state index >= 15 is 0 Å². The maximum absolute atomic E-state index is 13.4. The predicted molar refractivity (Wildman–Crippen MR) is 142 cm³/mol. The molecule has 1 amide bonds. The molecule has 3 aromatic carbocycles. The third-order valence-electron chi connectivity index (χ3n) is 8.52. The Bertz CT molecular complexity index is 1760. The van der Waals surface area contributed by atoms with Gasteiger partial charge in [0.15, 0.2) is 0 Å². The van der Waals surface area contributed by atoms with E-state index in [0.717, 1.165) is 87.6 Å². The zero-order valence-electron chi connectivity index (χ0n) is 20.4. The molecule has 0 saturated carbocycles. The van der Waals surface area contributed by atoms with Crippen LogP contribution in [0.5, 0.6) is 0 Å². The number of amides is 1. The summed E-state index contributed by atoms with van der Waals surface area (Å²) in [6.07, 6.45) is -1.84. The summed E-state index contributed by atoms with van der Waals surface area (Å²) in [6.45, 7) is 5.18. The van der Waals surface area contributed by atoms with Crippen LogP contribution in [0, 0.1) is 0 Å². The maximum Gasteiger partial charge on any atom is 0.252 e. The molecular weight excluding hydrogens is 468 g/mol. The highest BCUT2D eigenvalue weighted by Gasteiger charge is 2.34. The molecule has 2 atom stereocenters. The van der Waals surface area contributed by atoms with Gasteiger partial charge in [-0.15, -0.1) is 0 Å². The molecule has 3 aliphatic rings. The van der Waals surface area contributed by atoms with Gasteiger partial charge >= 0.3 is 0 Å². The third kappa shape index (κ3) is 2.95. The number of carbonyl (C=O) groups excluding carboxylic acids is 1. The number of ether oxygens (including phenoxy) is 1. The van der Waals surface area contributed by atoms with Gasteiger partial charge in [-0.25, -0.2) is 0 Å². The van der Waals surface area contributed by atoms with Crippen LogP contribution < -0.4 is 5.32 Å². The molecule has 5 aromatic rings. The number of nitrogens with zero attached hydrogens (tertiary/aromatic N) is 3. The molecule has 2 unspecified atom stereocenters. The fraction of sp³-hybridized carbons (Fsp3) is 0.345. The average molecular weight is 497 g/mol. The van der Waals surface area contributed by atoms with E-state index < -0.39 is 12.2 Å². The van der Waals surface area contributed by atoms with Gasteiger partial charge in [-0.2, -0.15) is 0 Å². The minimum absolute atomic E-state index is 0.0472. The number of aromatic nitrogens is 2. The molecule has 0 radical (unpaired) electrons. The van der Waals surface area contributed by atoms with E-state index in [4.69, 9.17) is 4.74 Å². The smallest absolute Gasteiger partial charge is 0.252 e. The lowest BCUT2D eigenvalue weighted by Crippen LogP contribution is -2.35. The number of hydrogen-bond acceptors (Lipinski definition) is 5. The molecule has 1 fully saturated rings. The molecule has 8 nitrogen and oxygen atoms in total. The van der Waals surface area contributed by atoms with Crippen molar-refractivity contribution >= 4 is 49.5 Å². The topological polar surface area (TPSA) is 91.9 Å². The number of hydrogen-bond donors (Lipinski definition) is 3. The third-order valence-corrected chi connectivity index (χ3v) is 8.52. The van der Waals surface area contributed by atoms with Crippen molar-refractivity contribution in [3.8, 4) is 0 Å². The Labute approximate surface area is 212 Å². The van der Waals surface area contributed by atoms with Crippen molar-refractivity contribution in [2.45, 2.75) is 38.4 Å². The molecule has 5 heterocycles. The van der Waals surface area contributed by atoms with Gasteiger partial charge in [0.1, 0.15) is 0 Å². The number of fused-ring (bicyclic) bond motifs is 9. The van der Waals surface area contributed by atoms with E-state index in [2.05, 4.69) is 49.7 Å². The largest absolute Gasteiger partial charge is 0.388 e. The normalized spacial score (nSPS) is 22.3. The predicted octanol–water partition coefficient (Wildman–Crippen LogP) is 2.71. The van der Waals surface area contributed by atoms with Crippen LogP contribution in [0.3, 0.4) is 0 Å². The minimum atomic E-state index is -0.932. The van der Waals surface area contributed by atoms with Crippen LogP contribution in [0.1, 0.15) is 21.5 Å². The molecule has 37 heavy (non-hydrogen) atoms. The van der Waals surface area contributed by atoms with E-state index in [-0.39, 0.29) is 12.5 Å². The van der Waals surface area contributed by atoms with Gasteiger partial charge in [0.2, 0.25) is 0 Å². The highest BCUT2D eigenvalue weighted by molar-refractivity contribution is 6.30. The van der Waals surface area contributed by atoms with Crippen LogP contribution >= 0.6 is 0 Å².